The molecule has 4 heteroatoms. The summed E-state index contributed by atoms with van der Waals surface area (Å²) in [6, 6.07) is 0. The Morgan fingerprint density at radius 2 is 1.23 bits per heavy atom. The first-order chi connectivity index (χ1) is 15.2. The zero-order valence-corrected chi connectivity index (χ0v) is 20.1. The van der Waals surface area contributed by atoms with Crippen molar-refractivity contribution in [2.75, 3.05) is 6.61 Å². The predicted octanol–water partition coefficient (Wildman–Crippen LogP) is 7.85. The Kier molecular flexibility index (Phi) is 17.3. The van der Waals surface area contributed by atoms with Gasteiger partial charge < -0.3 is 9.84 Å². The number of carbonyl (C=O) groups excluding carboxylic acids is 1. The summed E-state index contributed by atoms with van der Waals surface area (Å²) in [4.78, 5) is 23.5. The van der Waals surface area contributed by atoms with E-state index >= 15 is 0 Å². The van der Waals surface area contributed by atoms with Gasteiger partial charge in [-0.3, -0.25) is 9.59 Å². The summed E-state index contributed by atoms with van der Waals surface area (Å²) in [6.07, 6.45) is 26.8. The fraction of sp³-hybridized carbons (Fsp3) is 0.852. The lowest BCUT2D eigenvalue weighted by molar-refractivity contribution is -0.159. The van der Waals surface area contributed by atoms with Crippen LogP contribution in [0.2, 0.25) is 0 Å². The molecule has 0 amide bonds. The van der Waals surface area contributed by atoms with Crippen LogP contribution in [0.25, 0.3) is 0 Å². The van der Waals surface area contributed by atoms with Crippen LogP contribution in [0, 0.1) is 11.8 Å². The van der Waals surface area contributed by atoms with Crippen LogP contribution in [0.15, 0.2) is 12.2 Å². The Labute approximate surface area is 191 Å². The molecule has 0 aromatic carbocycles. The van der Waals surface area contributed by atoms with E-state index < -0.39 is 17.8 Å². The molecule has 0 aliphatic heterocycles. The normalized spacial score (nSPS) is 19.0. The van der Waals surface area contributed by atoms with Crippen molar-refractivity contribution >= 4 is 11.9 Å². The third kappa shape index (κ3) is 14.4. The molecule has 0 bridgehead atoms. The highest BCUT2D eigenvalue weighted by molar-refractivity contribution is 5.81. The molecule has 2 atom stereocenters. The first-order valence-corrected chi connectivity index (χ1v) is 13.2. The number of unbranched alkanes of at least 4 members (excludes halogenated alkanes) is 13. The summed E-state index contributed by atoms with van der Waals surface area (Å²) >= 11 is 0. The van der Waals surface area contributed by atoms with Crippen molar-refractivity contribution in [3.8, 4) is 0 Å². The number of carboxylic acid groups (broad SMARTS) is 1. The lowest BCUT2D eigenvalue weighted by Crippen LogP contribution is -2.33. The van der Waals surface area contributed by atoms with Gasteiger partial charge in [0, 0.05) is 0 Å². The molecule has 0 aromatic heterocycles. The van der Waals surface area contributed by atoms with Crippen LogP contribution in [0.3, 0.4) is 0 Å². The van der Waals surface area contributed by atoms with Gasteiger partial charge in [0.15, 0.2) is 0 Å². The van der Waals surface area contributed by atoms with Gasteiger partial charge in [0.05, 0.1) is 18.4 Å². The van der Waals surface area contributed by atoms with Crippen LogP contribution in [-0.4, -0.2) is 23.7 Å². The van der Waals surface area contributed by atoms with Gasteiger partial charge >= 0.3 is 11.9 Å². The molecule has 1 fully saturated rings. The first-order valence-electron chi connectivity index (χ1n) is 13.2. The summed E-state index contributed by atoms with van der Waals surface area (Å²) in [6.45, 7) is 2.67. The van der Waals surface area contributed by atoms with Gasteiger partial charge in [-0.1, -0.05) is 103 Å². The highest BCUT2D eigenvalue weighted by atomic mass is 16.5. The summed E-state index contributed by atoms with van der Waals surface area (Å²) in [5, 5.41) is 9.28. The third-order valence-corrected chi connectivity index (χ3v) is 6.52. The van der Waals surface area contributed by atoms with Gasteiger partial charge in [-0.25, -0.2) is 0 Å². The lowest BCUT2D eigenvalue weighted by atomic mass is 9.79. The highest BCUT2D eigenvalue weighted by Gasteiger charge is 2.36. The van der Waals surface area contributed by atoms with Crippen LogP contribution >= 0.6 is 0 Å². The fourth-order valence-corrected chi connectivity index (χ4v) is 4.52. The van der Waals surface area contributed by atoms with E-state index in [-0.39, 0.29) is 5.97 Å². The maximum atomic E-state index is 12.2. The number of hydrogen-bond donors (Lipinski definition) is 1. The minimum absolute atomic E-state index is 0.292. The van der Waals surface area contributed by atoms with Crippen LogP contribution in [-0.2, 0) is 14.3 Å². The average Bonchev–Trinajstić information content (AvgIpc) is 2.78. The van der Waals surface area contributed by atoms with E-state index in [0.29, 0.717) is 19.4 Å². The second-order valence-corrected chi connectivity index (χ2v) is 9.29. The number of carboxylic acids is 1. The zero-order valence-electron chi connectivity index (χ0n) is 20.1. The van der Waals surface area contributed by atoms with Crippen molar-refractivity contribution < 1.29 is 19.4 Å². The van der Waals surface area contributed by atoms with E-state index in [1.807, 2.05) is 0 Å². The second kappa shape index (κ2) is 19.4. The molecule has 0 spiro atoms. The summed E-state index contributed by atoms with van der Waals surface area (Å²) in [5.41, 5.74) is 0. The molecular formula is C27H48O4. The van der Waals surface area contributed by atoms with E-state index in [1.165, 1.54) is 83.5 Å². The lowest BCUT2D eigenvalue weighted by Gasteiger charge is -2.26. The number of hydrogen-bond acceptors (Lipinski definition) is 3. The minimum Gasteiger partial charge on any atom is -0.481 e. The van der Waals surface area contributed by atoms with Crippen molar-refractivity contribution in [2.45, 2.75) is 129 Å². The number of allylic oxidation sites excluding steroid dienone is 2. The van der Waals surface area contributed by atoms with Gasteiger partial charge in [0.1, 0.15) is 0 Å². The molecule has 4 nitrogen and oxygen atoms in total. The van der Waals surface area contributed by atoms with Crippen LogP contribution < -0.4 is 0 Å². The Morgan fingerprint density at radius 1 is 0.742 bits per heavy atom. The molecule has 2 unspecified atom stereocenters. The fourth-order valence-electron chi connectivity index (χ4n) is 4.52. The summed E-state index contributed by atoms with van der Waals surface area (Å²) < 4.78 is 5.38. The van der Waals surface area contributed by atoms with Gasteiger partial charge in [-0.15, -0.1) is 0 Å². The van der Waals surface area contributed by atoms with E-state index in [9.17, 15) is 14.7 Å². The third-order valence-electron chi connectivity index (χ3n) is 6.52. The zero-order chi connectivity index (χ0) is 22.6. The van der Waals surface area contributed by atoms with E-state index in [2.05, 4.69) is 19.1 Å². The minimum atomic E-state index is -0.850. The molecule has 1 saturated carbocycles. The number of ether oxygens (including phenoxy) is 1. The van der Waals surface area contributed by atoms with E-state index in [1.54, 1.807) is 0 Å². The Morgan fingerprint density at radius 3 is 1.77 bits per heavy atom. The van der Waals surface area contributed by atoms with E-state index in [0.717, 1.165) is 25.7 Å². The standard InChI is InChI=1S/C27H48O4/c1-2-3-4-5-6-7-8-9-10-11-12-13-14-15-16-17-20-23-31-27(30)25-22-19-18-21-24(25)26(28)29/h4-5,24-25H,2-3,6-23H2,1H3,(H,28,29)/b5-4+. The molecule has 0 radical (unpaired) electrons. The second-order valence-electron chi connectivity index (χ2n) is 9.29. The topological polar surface area (TPSA) is 63.6 Å². The number of esters is 1. The van der Waals surface area contributed by atoms with Crippen molar-refractivity contribution in [1.82, 2.24) is 0 Å². The quantitative estimate of drug-likeness (QED) is 0.127. The molecule has 1 aliphatic carbocycles. The Balaban J connectivity index is 1.84. The van der Waals surface area contributed by atoms with Gasteiger partial charge in [-0.2, -0.15) is 0 Å². The van der Waals surface area contributed by atoms with Crippen LogP contribution in [0.1, 0.15) is 129 Å². The molecule has 0 heterocycles. The van der Waals surface area contributed by atoms with Crippen molar-refractivity contribution in [3.05, 3.63) is 12.2 Å². The number of aliphatic carboxylic acids is 1. The SMILES string of the molecule is CCC/C=C/CCCCCCCCCCCCCCOC(=O)C1CCCCC1C(=O)O. The monoisotopic (exact) mass is 436 g/mol. The smallest absolute Gasteiger partial charge is 0.309 e. The molecule has 180 valence electrons. The van der Waals surface area contributed by atoms with E-state index in [4.69, 9.17) is 4.74 Å². The number of carbonyl (C=O) groups is 2. The van der Waals surface area contributed by atoms with Gasteiger partial charge in [0.2, 0.25) is 0 Å². The number of rotatable bonds is 19. The summed E-state index contributed by atoms with van der Waals surface area (Å²) in [7, 11) is 0. The van der Waals surface area contributed by atoms with Crippen LogP contribution in [0.4, 0.5) is 0 Å². The van der Waals surface area contributed by atoms with Crippen LogP contribution in [0.5, 0.6) is 0 Å². The van der Waals surface area contributed by atoms with Gasteiger partial charge in [0.25, 0.3) is 0 Å². The Hall–Kier alpha value is -1.32. The molecule has 1 N–H and O–H groups in total. The molecule has 1 rings (SSSR count). The highest BCUT2D eigenvalue weighted by Crippen LogP contribution is 2.31. The maximum absolute atomic E-state index is 12.2. The maximum Gasteiger partial charge on any atom is 0.309 e. The Bertz CT molecular complexity index is 486. The molecule has 0 aromatic rings. The van der Waals surface area contributed by atoms with Crippen molar-refractivity contribution in [1.29, 1.82) is 0 Å². The van der Waals surface area contributed by atoms with Gasteiger partial charge in [-0.05, 0) is 38.5 Å². The largest absolute Gasteiger partial charge is 0.481 e. The van der Waals surface area contributed by atoms with Crippen molar-refractivity contribution in [3.63, 3.8) is 0 Å². The molecule has 1 aliphatic rings. The average molecular weight is 437 g/mol. The summed E-state index contributed by atoms with van der Waals surface area (Å²) in [5.74, 6) is -2.13. The van der Waals surface area contributed by atoms with Crippen molar-refractivity contribution in [2.24, 2.45) is 11.8 Å². The first kappa shape index (κ1) is 27.7. The molecular weight excluding hydrogens is 388 g/mol. The molecule has 31 heavy (non-hydrogen) atoms. The predicted molar refractivity (Wildman–Crippen MR) is 128 cm³/mol. The molecule has 0 saturated heterocycles.